The molecule has 1 aromatic carbocycles. The highest BCUT2D eigenvalue weighted by Gasteiger charge is 2.24. The summed E-state index contributed by atoms with van der Waals surface area (Å²) in [7, 11) is 0. The number of esters is 1. The Morgan fingerprint density at radius 1 is 1.35 bits per heavy atom. The van der Waals surface area contributed by atoms with Crippen LogP contribution in [0.25, 0.3) is 0 Å². The first-order valence-electron chi connectivity index (χ1n) is 6.09. The second-order valence-electron chi connectivity index (χ2n) is 5.35. The fraction of sp³-hybridized carbons (Fsp3) is 0.429. The van der Waals surface area contributed by atoms with Gasteiger partial charge >= 0.3 is 5.97 Å². The summed E-state index contributed by atoms with van der Waals surface area (Å²) in [6.45, 7) is 6.70. The average molecular weight is 302 g/mol. The molecule has 110 valence electrons. The lowest BCUT2D eigenvalue weighted by Gasteiger charge is -2.22. The number of hydrogen-bond acceptors (Lipinski definition) is 3. The number of halogens is 2. The van der Waals surface area contributed by atoms with Gasteiger partial charge in [0.05, 0.1) is 10.6 Å². The van der Waals surface area contributed by atoms with E-state index in [-0.39, 0.29) is 10.6 Å². The lowest BCUT2D eigenvalue weighted by Crippen LogP contribution is -2.42. The van der Waals surface area contributed by atoms with Crippen LogP contribution in [0.3, 0.4) is 0 Å². The molecule has 0 unspecified atom stereocenters. The Kier molecular flexibility index (Phi) is 5.11. The Balaban J connectivity index is 2.73. The largest absolute Gasteiger partial charge is 0.458 e. The zero-order chi connectivity index (χ0) is 15.5. The minimum absolute atomic E-state index is 0.0149. The van der Waals surface area contributed by atoms with Crippen molar-refractivity contribution in [1.29, 1.82) is 0 Å². The third-order valence-electron chi connectivity index (χ3n) is 2.28. The van der Waals surface area contributed by atoms with Crippen LogP contribution in [0.2, 0.25) is 5.02 Å². The van der Waals surface area contributed by atoms with Gasteiger partial charge in [0.1, 0.15) is 17.5 Å². The van der Waals surface area contributed by atoms with Crippen molar-refractivity contribution in [1.82, 2.24) is 5.32 Å². The maximum absolute atomic E-state index is 12.9. The van der Waals surface area contributed by atoms with Crippen LogP contribution in [0.1, 0.15) is 38.1 Å². The lowest BCUT2D eigenvalue weighted by molar-refractivity contribution is -0.156. The standard InChI is InChI=1S/C14H17ClFNO3/c1-8(13(19)20-14(2,3)4)17-12(18)10-6-5-9(16)7-11(10)15/h5-8H,1-4H3,(H,17,18)/t8-/m0/s1. The van der Waals surface area contributed by atoms with Crippen molar-refractivity contribution in [2.24, 2.45) is 0 Å². The van der Waals surface area contributed by atoms with Crippen LogP contribution in [-0.4, -0.2) is 23.5 Å². The number of rotatable bonds is 3. The maximum atomic E-state index is 12.9. The molecule has 1 atom stereocenters. The van der Waals surface area contributed by atoms with Crippen molar-refractivity contribution in [3.05, 3.63) is 34.6 Å². The summed E-state index contributed by atoms with van der Waals surface area (Å²) in [5.74, 6) is -1.65. The van der Waals surface area contributed by atoms with Crippen molar-refractivity contribution in [2.45, 2.75) is 39.3 Å². The Hall–Kier alpha value is -1.62. The Morgan fingerprint density at radius 2 is 1.95 bits per heavy atom. The predicted molar refractivity (Wildman–Crippen MR) is 74.2 cm³/mol. The van der Waals surface area contributed by atoms with Gasteiger partial charge in [-0.15, -0.1) is 0 Å². The molecule has 0 aliphatic heterocycles. The third kappa shape index (κ3) is 4.81. The summed E-state index contributed by atoms with van der Waals surface area (Å²) < 4.78 is 18.0. The van der Waals surface area contributed by atoms with Crippen molar-refractivity contribution in [3.8, 4) is 0 Å². The molecule has 1 rings (SSSR count). The summed E-state index contributed by atoms with van der Waals surface area (Å²) >= 11 is 5.78. The van der Waals surface area contributed by atoms with Crippen LogP contribution >= 0.6 is 11.6 Å². The van der Waals surface area contributed by atoms with Gasteiger partial charge in [-0.2, -0.15) is 0 Å². The van der Waals surface area contributed by atoms with Gasteiger partial charge in [0.25, 0.3) is 5.91 Å². The van der Waals surface area contributed by atoms with E-state index in [1.807, 2.05) is 0 Å². The number of carbonyl (C=O) groups is 2. The SMILES string of the molecule is C[C@H](NC(=O)c1ccc(F)cc1Cl)C(=O)OC(C)(C)C. The molecule has 0 radical (unpaired) electrons. The van der Waals surface area contributed by atoms with Crippen LogP contribution in [0.15, 0.2) is 18.2 Å². The second-order valence-corrected chi connectivity index (χ2v) is 5.76. The molecule has 0 spiro atoms. The quantitative estimate of drug-likeness (QED) is 0.873. The lowest BCUT2D eigenvalue weighted by atomic mass is 10.1. The summed E-state index contributed by atoms with van der Waals surface area (Å²) in [5, 5.41) is 2.44. The monoisotopic (exact) mass is 301 g/mol. The van der Waals surface area contributed by atoms with Crippen molar-refractivity contribution in [2.75, 3.05) is 0 Å². The van der Waals surface area contributed by atoms with Crippen LogP contribution in [0, 0.1) is 5.82 Å². The topological polar surface area (TPSA) is 55.4 Å². The average Bonchev–Trinajstić information content (AvgIpc) is 2.26. The molecule has 0 heterocycles. The Labute approximate surface area is 122 Å². The van der Waals surface area contributed by atoms with Gasteiger partial charge in [-0.05, 0) is 45.9 Å². The maximum Gasteiger partial charge on any atom is 0.328 e. The van der Waals surface area contributed by atoms with Crippen LogP contribution < -0.4 is 5.32 Å². The van der Waals surface area contributed by atoms with Crippen molar-refractivity contribution >= 4 is 23.5 Å². The normalized spacial score (nSPS) is 12.7. The van der Waals surface area contributed by atoms with Crippen molar-refractivity contribution < 1.29 is 18.7 Å². The van der Waals surface area contributed by atoms with Gasteiger partial charge in [0, 0.05) is 0 Å². The van der Waals surface area contributed by atoms with Gasteiger partial charge < -0.3 is 10.1 Å². The summed E-state index contributed by atoms with van der Waals surface area (Å²) in [6, 6.07) is 2.59. The molecule has 0 fully saturated rings. The van der Waals surface area contributed by atoms with Crippen LogP contribution in [-0.2, 0) is 9.53 Å². The molecule has 4 nitrogen and oxygen atoms in total. The number of hydrogen-bond donors (Lipinski definition) is 1. The Bertz CT molecular complexity index is 526. The minimum atomic E-state index is -0.831. The van der Waals surface area contributed by atoms with Gasteiger partial charge in [0.2, 0.25) is 0 Å². The first kappa shape index (κ1) is 16.4. The van der Waals surface area contributed by atoms with Gasteiger partial charge in [-0.1, -0.05) is 11.6 Å². The number of nitrogens with one attached hydrogen (secondary N) is 1. The van der Waals surface area contributed by atoms with E-state index >= 15 is 0 Å². The number of benzene rings is 1. The molecule has 1 N–H and O–H groups in total. The van der Waals surface area contributed by atoms with E-state index in [0.717, 1.165) is 12.1 Å². The molecule has 0 aromatic heterocycles. The summed E-state index contributed by atoms with van der Waals surface area (Å²) in [5.41, 5.74) is -0.535. The molecule has 0 aliphatic rings. The molecule has 0 saturated heterocycles. The molecule has 0 saturated carbocycles. The zero-order valence-corrected chi connectivity index (χ0v) is 12.5. The summed E-state index contributed by atoms with van der Waals surface area (Å²) in [4.78, 5) is 23.7. The van der Waals surface area contributed by atoms with E-state index in [9.17, 15) is 14.0 Å². The molecule has 1 amide bonds. The summed E-state index contributed by atoms with van der Waals surface area (Å²) in [6.07, 6.45) is 0. The van der Waals surface area contributed by atoms with Gasteiger partial charge in [-0.3, -0.25) is 4.79 Å². The second kappa shape index (κ2) is 6.22. The molecule has 6 heteroatoms. The fourth-order valence-electron chi connectivity index (χ4n) is 1.40. The number of amides is 1. The van der Waals surface area contributed by atoms with Crippen LogP contribution in [0.4, 0.5) is 4.39 Å². The van der Waals surface area contributed by atoms with E-state index in [4.69, 9.17) is 16.3 Å². The highest BCUT2D eigenvalue weighted by Crippen LogP contribution is 2.17. The van der Waals surface area contributed by atoms with Gasteiger partial charge in [-0.25, -0.2) is 9.18 Å². The first-order valence-corrected chi connectivity index (χ1v) is 6.47. The molecule has 1 aromatic rings. The fourth-order valence-corrected chi connectivity index (χ4v) is 1.65. The van der Waals surface area contributed by atoms with E-state index < -0.39 is 29.3 Å². The molecule has 20 heavy (non-hydrogen) atoms. The first-order chi connectivity index (χ1) is 9.10. The number of carbonyl (C=O) groups excluding carboxylic acids is 2. The highest BCUT2D eigenvalue weighted by atomic mass is 35.5. The van der Waals surface area contributed by atoms with Crippen molar-refractivity contribution in [3.63, 3.8) is 0 Å². The zero-order valence-electron chi connectivity index (χ0n) is 11.8. The molecular weight excluding hydrogens is 285 g/mol. The highest BCUT2D eigenvalue weighted by molar-refractivity contribution is 6.33. The van der Waals surface area contributed by atoms with E-state index in [0.29, 0.717) is 0 Å². The third-order valence-corrected chi connectivity index (χ3v) is 2.60. The minimum Gasteiger partial charge on any atom is -0.458 e. The van der Waals surface area contributed by atoms with E-state index in [1.165, 1.54) is 13.0 Å². The van der Waals surface area contributed by atoms with E-state index in [1.54, 1.807) is 20.8 Å². The molecular formula is C14H17ClFNO3. The predicted octanol–water partition coefficient (Wildman–Crippen LogP) is 2.94. The van der Waals surface area contributed by atoms with E-state index in [2.05, 4.69) is 5.32 Å². The smallest absolute Gasteiger partial charge is 0.328 e. The Morgan fingerprint density at radius 3 is 2.45 bits per heavy atom. The molecule has 0 aliphatic carbocycles. The van der Waals surface area contributed by atoms with Crippen LogP contribution in [0.5, 0.6) is 0 Å². The number of ether oxygens (including phenoxy) is 1. The van der Waals surface area contributed by atoms with Gasteiger partial charge in [0.15, 0.2) is 0 Å². The molecule has 0 bridgehead atoms.